The van der Waals surface area contributed by atoms with Gasteiger partial charge in [-0.2, -0.15) is 5.10 Å². The molecule has 0 spiro atoms. The Bertz CT molecular complexity index is 1210. The van der Waals surface area contributed by atoms with Gasteiger partial charge in [0.05, 0.1) is 37.8 Å². The maximum atomic E-state index is 13.2. The Hall–Kier alpha value is -3.40. The maximum Gasteiger partial charge on any atom is 0.267 e. The Morgan fingerprint density at radius 2 is 1.69 bits per heavy atom. The lowest BCUT2D eigenvalue weighted by Crippen LogP contribution is -2.44. The Morgan fingerprint density at radius 1 is 1.06 bits per heavy atom. The van der Waals surface area contributed by atoms with E-state index in [-0.39, 0.29) is 47.9 Å². The normalized spacial score (nSPS) is 20.2. The van der Waals surface area contributed by atoms with Gasteiger partial charge in [0.25, 0.3) is 5.91 Å². The molecule has 4 rings (SSSR count). The molecule has 10 heteroatoms. The van der Waals surface area contributed by atoms with Gasteiger partial charge in [0, 0.05) is 12.8 Å². The highest BCUT2D eigenvalue weighted by Crippen LogP contribution is 2.25. The first-order valence-electron chi connectivity index (χ1n) is 11.5. The number of hydrogen-bond donors (Lipinski definition) is 1. The molecule has 2 atom stereocenters. The van der Waals surface area contributed by atoms with E-state index >= 15 is 0 Å². The van der Waals surface area contributed by atoms with E-state index < -0.39 is 15.9 Å². The Labute approximate surface area is 205 Å². The van der Waals surface area contributed by atoms with Crippen LogP contribution in [-0.4, -0.2) is 62.7 Å². The van der Waals surface area contributed by atoms with E-state index in [1.807, 2.05) is 48.5 Å². The number of nitrogens with one attached hydrogen (secondary N) is 1. The molecule has 0 bridgehead atoms. The molecule has 1 N–H and O–H groups in total. The average Bonchev–Trinajstić information content (AvgIpc) is 3.23. The topological polar surface area (TPSA) is 114 Å². The van der Waals surface area contributed by atoms with Crippen LogP contribution in [0, 0.1) is 0 Å². The second-order valence-electron chi connectivity index (χ2n) is 8.69. The first-order valence-corrected chi connectivity index (χ1v) is 13.3. The molecule has 0 aliphatic carbocycles. The molecule has 2 amide bonds. The van der Waals surface area contributed by atoms with Crippen LogP contribution in [0.5, 0.6) is 11.5 Å². The SMILES string of the molecule is COc1ccc(CC(NC(=O)C2=NN(C3CCS(=O)(=O)C3)C(=O)CC2)c2ccc(OC)cc2)cc1. The van der Waals surface area contributed by atoms with Crippen LogP contribution in [0.2, 0.25) is 0 Å². The van der Waals surface area contributed by atoms with Crippen LogP contribution in [0.1, 0.15) is 36.4 Å². The van der Waals surface area contributed by atoms with Crippen molar-refractivity contribution in [2.45, 2.75) is 37.8 Å². The van der Waals surface area contributed by atoms with Gasteiger partial charge in [0.2, 0.25) is 5.91 Å². The summed E-state index contributed by atoms with van der Waals surface area (Å²) in [5, 5.41) is 8.57. The molecular formula is C25H29N3O6S. The number of rotatable bonds is 8. The number of hydrazone groups is 1. The van der Waals surface area contributed by atoms with Crippen molar-refractivity contribution in [2.75, 3.05) is 25.7 Å². The molecule has 0 radical (unpaired) electrons. The summed E-state index contributed by atoms with van der Waals surface area (Å²) in [5.41, 5.74) is 2.12. The second kappa shape index (κ2) is 10.5. The number of hydrogen-bond acceptors (Lipinski definition) is 7. The van der Waals surface area contributed by atoms with Crippen LogP contribution in [0.15, 0.2) is 53.6 Å². The predicted octanol–water partition coefficient (Wildman–Crippen LogP) is 2.27. The van der Waals surface area contributed by atoms with Crippen LogP contribution < -0.4 is 14.8 Å². The molecule has 2 aromatic rings. The molecule has 2 unspecified atom stereocenters. The molecule has 35 heavy (non-hydrogen) atoms. The molecule has 2 aliphatic heterocycles. The highest BCUT2D eigenvalue weighted by Gasteiger charge is 2.37. The summed E-state index contributed by atoms with van der Waals surface area (Å²) in [6.45, 7) is 0. The van der Waals surface area contributed by atoms with E-state index in [4.69, 9.17) is 9.47 Å². The molecule has 186 valence electrons. The number of carbonyl (C=O) groups is 2. The third-order valence-electron chi connectivity index (χ3n) is 6.30. The van der Waals surface area contributed by atoms with Crippen LogP contribution in [0.3, 0.4) is 0 Å². The number of carbonyl (C=O) groups excluding carboxylic acids is 2. The Kier molecular flexibility index (Phi) is 7.39. The van der Waals surface area contributed by atoms with Crippen LogP contribution in [0.4, 0.5) is 0 Å². The molecule has 2 aromatic carbocycles. The third kappa shape index (κ3) is 6.00. The zero-order valence-corrected chi connectivity index (χ0v) is 20.6. The lowest BCUT2D eigenvalue weighted by atomic mass is 9.98. The fourth-order valence-electron chi connectivity index (χ4n) is 4.32. The van der Waals surface area contributed by atoms with Crippen molar-refractivity contribution in [3.8, 4) is 11.5 Å². The smallest absolute Gasteiger partial charge is 0.267 e. The fraction of sp³-hybridized carbons (Fsp3) is 0.400. The number of amides is 2. The van der Waals surface area contributed by atoms with Gasteiger partial charge in [-0.3, -0.25) is 9.59 Å². The zero-order valence-electron chi connectivity index (χ0n) is 19.8. The molecule has 0 saturated carbocycles. The van der Waals surface area contributed by atoms with Gasteiger partial charge in [-0.15, -0.1) is 0 Å². The quantitative estimate of drug-likeness (QED) is 0.596. The van der Waals surface area contributed by atoms with E-state index in [1.54, 1.807) is 14.2 Å². The predicted molar refractivity (Wildman–Crippen MR) is 131 cm³/mol. The maximum absolute atomic E-state index is 13.2. The minimum atomic E-state index is -3.19. The first kappa shape index (κ1) is 24.7. The summed E-state index contributed by atoms with van der Waals surface area (Å²) in [6.07, 6.45) is 1.18. The summed E-state index contributed by atoms with van der Waals surface area (Å²) >= 11 is 0. The monoisotopic (exact) mass is 499 g/mol. The van der Waals surface area contributed by atoms with Crippen LogP contribution >= 0.6 is 0 Å². The van der Waals surface area contributed by atoms with Gasteiger partial charge in [-0.05, 0) is 48.2 Å². The van der Waals surface area contributed by atoms with Gasteiger partial charge < -0.3 is 14.8 Å². The van der Waals surface area contributed by atoms with Crippen LogP contribution in [0.25, 0.3) is 0 Å². The van der Waals surface area contributed by atoms with Crippen molar-refractivity contribution >= 4 is 27.4 Å². The van der Waals surface area contributed by atoms with Gasteiger partial charge in [-0.25, -0.2) is 13.4 Å². The zero-order chi connectivity index (χ0) is 25.0. The molecule has 2 heterocycles. The summed E-state index contributed by atoms with van der Waals surface area (Å²) in [6, 6.07) is 14.2. The van der Waals surface area contributed by atoms with Crippen molar-refractivity contribution < 1.29 is 27.5 Å². The summed E-state index contributed by atoms with van der Waals surface area (Å²) in [5.74, 6) is 0.726. The Morgan fingerprint density at radius 3 is 2.26 bits per heavy atom. The number of sulfone groups is 1. The fourth-order valence-corrected chi connectivity index (χ4v) is 6.01. The van der Waals surface area contributed by atoms with Gasteiger partial charge in [0.1, 0.15) is 17.2 Å². The molecule has 1 saturated heterocycles. The van der Waals surface area contributed by atoms with Crippen molar-refractivity contribution in [1.82, 2.24) is 10.3 Å². The third-order valence-corrected chi connectivity index (χ3v) is 8.05. The lowest BCUT2D eigenvalue weighted by Gasteiger charge is -2.28. The largest absolute Gasteiger partial charge is 0.497 e. The molecular weight excluding hydrogens is 470 g/mol. The number of benzene rings is 2. The molecule has 2 aliphatic rings. The molecule has 9 nitrogen and oxygen atoms in total. The van der Waals surface area contributed by atoms with E-state index in [2.05, 4.69) is 10.4 Å². The van der Waals surface area contributed by atoms with E-state index in [9.17, 15) is 18.0 Å². The van der Waals surface area contributed by atoms with E-state index in [1.165, 1.54) is 5.01 Å². The van der Waals surface area contributed by atoms with E-state index in [0.29, 0.717) is 18.6 Å². The van der Waals surface area contributed by atoms with Crippen molar-refractivity contribution in [2.24, 2.45) is 5.10 Å². The Balaban J connectivity index is 1.55. The summed E-state index contributed by atoms with van der Waals surface area (Å²) in [4.78, 5) is 25.7. The van der Waals surface area contributed by atoms with Gasteiger partial charge in [0.15, 0.2) is 9.84 Å². The minimum absolute atomic E-state index is 0.0277. The minimum Gasteiger partial charge on any atom is -0.497 e. The number of nitrogens with zero attached hydrogens (tertiary/aromatic N) is 2. The lowest BCUT2D eigenvalue weighted by molar-refractivity contribution is -0.133. The van der Waals surface area contributed by atoms with Crippen LogP contribution in [-0.2, 0) is 25.8 Å². The standard InChI is InChI=1S/C25H29N3O6S/c1-33-20-7-3-17(4-8-20)15-23(18-5-9-21(34-2)10-6-18)26-25(30)22-11-12-24(29)28(27-22)19-13-14-35(31,32)16-19/h3-10,19,23H,11-16H2,1-2H3,(H,26,30). The first-order chi connectivity index (χ1) is 16.8. The van der Waals surface area contributed by atoms with Gasteiger partial charge >= 0.3 is 0 Å². The van der Waals surface area contributed by atoms with Gasteiger partial charge in [-0.1, -0.05) is 24.3 Å². The average molecular weight is 500 g/mol. The highest BCUT2D eigenvalue weighted by atomic mass is 32.2. The summed E-state index contributed by atoms with van der Waals surface area (Å²) < 4.78 is 34.3. The van der Waals surface area contributed by atoms with E-state index in [0.717, 1.165) is 16.9 Å². The highest BCUT2D eigenvalue weighted by molar-refractivity contribution is 7.91. The number of ether oxygens (including phenoxy) is 2. The second-order valence-corrected chi connectivity index (χ2v) is 10.9. The molecule has 0 aromatic heterocycles. The summed E-state index contributed by atoms with van der Waals surface area (Å²) in [7, 11) is 0.00988. The van der Waals surface area contributed by atoms with Crippen molar-refractivity contribution in [3.05, 3.63) is 59.7 Å². The van der Waals surface area contributed by atoms with Crippen molar-refractivity contribution in [3.63, 3.8) is 0 Å². The number of methoxy groups -OCH3 is 2. The van der Waals surface area contributed by atoms with Crippen molar-refractivity contribution in [1.29, 1.82) is 0 Å². The molecule has 1 fully saturated rings.